The molecule has 0 amide bonds. The molecule has 2 aromatic carbocycles. The van der Waals surface area contributed by atoms with Crippen molar-refractivity contribution in [2.75, 3.05) is 20.5 Å². The van der Waals surface area contributed by atoms with Gasteiger partial charge in [-0.3, -0.25) is 0 Å². The van der Waals surface area contributed by atoms with E-state index in [0.717, 1.165) is 17.5 Å². The van der Waals surface area contributed by atoms with Crippen LogP contribution in [0.5, 0.6) is 17.2 Å². The van der Waals surface area contributed by atoms with Crippen LogP contribution in [-0.2, 0) is 33.9 Å². The van der Waals surface area contributed by atoms with E-state index in [1.54, 1.807) is 31.4 Å². The molecule has 0 radical (unpaired) electrons. The Balaban J connectivity index is 1.58. The lowest BCUT2D eigenvalue weighted by atomic mass is 10.1. The number of carbonyl (C=O) groups is 1. The molecule has 0 aromatic heterocycles. The van der Waals surface area contributed by atoms with Crippen molar-refractivity contribution in [2.24, 2.45) is 0 Å². The van der Waals surface area contributed by atoms with Crippen LogP contribution in [0.3, 0.4) is 0 Å². The summed E-state index contributed by atoms with van der Waals surface area (Å²) in [5, 5.41) is 0.527. The maximum absolute atomic E-state index is 12.1. The van der Waals surface area contributed by atoms with Crippen molar-refractivity contribution in [1.29, 1.82) is 0 Å². The van der Waals surface area contributed by atoms with Gasteiger partial charge >= 0.3 is 5.97 Å². The number of esters is 1. The van der Waals surface area contributed by atoms with E-state index in [0.29, 0.717) is 34.4 Å². The fourth-order valence-electron chi connectivity index (χ4n) is 2.83. The second-order valence-electron chi connectivity index (χ2n) is 6.09. The van der Waals surface area contributed by atoms with Crippen LogP contribution < -0.4 is 14.2 Å². The molecule has 0 spiro atoms. The van der Waals surface area contributed by atoms with Crippen LogP contribution in [-0.4, -0.2) is 26.5 Å². The maximum Gasteiger partial charge on any atom is 0.344 e. The summed E-state index contributed by atoms with van der Waals surface area (Å²) in [5.74, 6) is 1.14. The van der Waals surface area contributed by atoms with Gasteiger partial charge in [0.05, 0.1) is 13.7 Å². The molecule has 1 heterocycles. The Kier molecular flexibility index (Phi) is 6.79. The lowest BCUT2D eigenvalue weighted by Gasteiger charge is -2.21. The molecule has 0 saturated carbocycles. The highest BCUT2D eigenvalue weighted by molar-refractivity contribution is 6.30. The quantitative estimate of drug-likeness (QED) is 0.488. The maximum atomic E-state index is 12.1. The van der Waals surface area contributed by atoms with Gasteiger partial charge in [0.25, 0.3) is 0 Å². The summed E-state index contributed by atoms with van der Waals surface area (Å²) in [7, 11) is 1.55. The molecule has 2 aromatic rings. The van der Waals surface area contributed by atoms with E-state index >= 15 is 0 Å². The first kappa shape index (κ1) is 20.0. The Hall–Kier alpha value is -2.70. The molecular weight excluding hydrogens is 384 g/mol. The van der Waals surface area contributed by atoms with Crippen molar-refractivity contribution in [3.05, 3.63) is 64.7 Å². The number of halogens is 1. The Labute approximate surface area is 168 Å². The molecule has 7 heteroatoms. The predicted molar refractivity (Wildman–Crippen MR) is 104 cm³/mol. The molecule has 0 atom stereocenters. The van der Waals surface area contributed by atoms with E-state index in [1.807, 2.05) is 12.1 Å². The van der Waals surface area contributed by atoms with Crippen LogP contribution >= 0.6 is 11.6 Å². The summed E-state index contributed by atoms with van der Waals surface area (Å²) in [6.07, 6.45) is 2.52. The Morgan fingerprint density at radius 2 is 2.14 bits per heavy atom. The smallest absolute Gasteiger partial charge is 0.344 e. The van der Waals surface area contributed by atoms with Crippen molar-refractivity contribution in [2.45, 2.75) is 19.6 Å². The van der Waals surface area contributed by atoms with E-state index in [4.69, 9.17) is 35.3 Å². The molecule has 0 fully saturated rings. The van der Waals surface area contributed by atoms with Crippen molar-refractivity contribution in [3.8, 4) is 17.2 Å². The van der Waals surface area contributed by atoms with Gasteiger partial charge in [0.2, 0.25) is 0 Å². The molecule has 3 rings (SSSR count). The molecule has 28 heavy (non-hydrogen) atoms. The minimum atomic E-state index is -0.516. The zero-order valence-electron chi connectivity index (χ0n) is 15.5. The van der Waals surface area contributed by atoms with E-state index in [9.17, 15) is 4.79 Å². The normalized spacial score (nSPS) is 12.5. The summed E-state index contributed by atoms with van der Waals surface area (Å²) in [6.45, 7) is 4.05. The highest BCUT2D eigenvalue weighted by Crippen LogP contribution is 2.32. The number of hydrogen-bond acceptors (Lipinski definition) is 6. The minimum absolute atomic E-state index is 0.0283. The number of rotatable bonds is 8. The number of benzene rings is 2. The number of methoxy groups -OCH3 is 1. The zero-order chi connectivity index (χ0) is 19.9. The third-order valence-corrected chi connectivity index (χ3v) is 4.31. The van der Waals surface area contributed by atoms with Gasteiger partial charge in [0.1, 0.15) is 12.4 Å². The summed E-state index contributed by atoms with van der Waals surface area (Å²) >= 11 is 6.11. The molecule has 1 aliphatic heterocycles. The zero-order valence-corrected chi connectivity index (χ0v) is 16.3. The standard InChI is InChI=1S/C21H21ClO6/c1-3-4-14-5-6-18(19(7-14)24-2)26-12-20(23)27-11-16-9-17(22)8-15-10-25-13-28-21(15)16/h3,5-9H,1,4,10-13H2,2H3. The van der Waals surface area contributed by atoms with Crippen LogP contribution in [0, 0.1) is 0 Å². The molecule has 6 nitrogen and oxygen atoms in total. The van der Waals surface area contributed by atoms with E-state index in [-0.39, 0.29) is 20.0 Å². The Morgan fingerprint density at radius 1 is 1.29 bits per heavy atom. The van der Waals surface area contributed by atoms with Gasteiger partial charge in [-0.05, 0) is 36.2 Å². The predicted octanol–water partition coefficient (Wildman–Crippen LogP) is 4.07. The highest BCUT2D eigenvalue weighted by atomic mass is 35.5. The summed E-state index contributed by atoms with van der Waals surface area (Å²) in [5.41, 5.74) is 2.55. The van der Waals surface area contributed by atoms with E-state index < -0.39 is 5.97 Å². The van der Waals surface area contributed by atoms with Gasteiger partial charge in [0.15, 0.2) is 24.9 Å². The summed E-state index contributed by atoms with van der Waals surface area (Å²) < 4.78 is 26.9. The number of hydrogen-bond donors (Lipinski definition) is 0. The molecule has 0 unspecified atom stereocenters. The molecule has 0 N–H and O–H groups in total. The third kappa shape index (κ3) is 4.97. The molecule has 148 valence electrons. The number of ether oxygens (including phenoxy) is 5. The van der Waals surface area contributed by atoms with Crippen LogP contribution in [0.15, 0.2) is 43.0 Å². The molecule has 0 aliphatic carbocycles. The average Bonchev–Trinajstić information content (AvgIpc) is 2.71. The Morgan fingerprint density at radius 3 is 2.93 bits per heavy atom. The monoisotopic (exact) mass is 404 g/mol. The first-order chi connectivity index (χ1) is 13.6. The average molecular weight is 405 g/mol. The number of carbonyl (C=O) groups excluding carboxylic acids is 1. The molecule has 0 bridgehead atoms. The van der Waals surface area contributed by atoms with Crippen molar-refractivity contribution >= 4 is 17.6 Å². The van der Waals surface area contributed by atoms with Crippen LogP contribution in [0.2, 0.25) is 5.02 Å². The largest absolute Gasteiger partial charge is 0.493 e. The van der Waals surface area contributed by atoms with Gasteiger partial charge in [0, 0.05) is 16.1 Å². The first-order valence-electron chi connectivity index (χ1n) is 8.68. The Bertz CT molecular complexity index is 864. The van der Waals surface area contributed by atoms with E-state index in [1.165, 1.54) is 0 Å². The second kappa shape index (κ2) is 9.48. The number of allylic oxidation sites excluding steroid dienone is 1. The van der Waals surface area contributed by atoms with Crippen molar-refractivity contribution < 1.29 is 28.5 Å². The van der Waals surface area contributed by atoms with Crippen LogP contribution in [0.4, 0.5) is 0 Å². The molecule has 0 saturated heterocycles. The van der Waals surface area contributed by atoms with Gasteiger partial charge in [-0.25, -0.2) is 4.79 Å². The lowest BCUT2D eigenvalue weighted by Crippen LogP contribution is -2.17. The number of fused-ring (bicyclic) bond motifs is 1. The highest BCUT2D eigenvalue weighted by Gasteiger charge is 2.18. The first-order valence-corrected chi connectivity index (χ1v) is 9.06. The summed E-state index contributed by atoms with van der Waals surface area (Å²) in [4.78, 5) is 12.1. The molecule has 1 aliphatic rings. The van der Waals surface area contributed by atoms with Crippen LogP contribution in [0.25, 0.3) is 0 Å². The molecular formula is C21H21ClO6. The van der Waals surface area contributed by atoms with Gasteiger partial charge < -0.3 is 23.7 Å². The second-order valence-corrected chi connectivity index (χ2v) is 6.53. The van der Waals surface area contributed by atoms with Crippen LogP contribution in [0.1, 0.15) is 16.7 Å². The SMILES string of the molecule is C=CCc1ccc(OCC(=O)OCc2cc(Cl)cc3c2OCOC3)c(OC)c1. The summed E-state index contributed by atoms with van der Waals surface area (Å²) in [6, 6.07) is 8.97. The van der Waals surface area contributed by atoms with E-state index in [2.05, 4.69) is 6.58 Å². The van der Waals surface area contributed by atoms with Crippen molar-refractivity contribution in [3.63, 3.8) is 0 Å². The minimum Gasteiger partial charge on any atom is -0.493 e. The topological polar surface area (TPSA) is 63.2 Å². The fourth-order valence-corrected chi connectivity index (χ4v) is 3.09. The fraction of sp³-hybridized carbons (Fsp3) is 0.286. The van der Waals surface area contributed by atoms with Gasteiger partial charge in [-0.2, -0.15) is 0 Å². The van der Waals surface area contributed by atoms with Gasteiger partial charge in [-0.15, -0.1) is 6.58 Å². The lowest BCUT2D eigenvalue weighted by molar-refractivity contribution is -0.147. The third-order valence-electron chi connectivity index (χ3n) is 4.09. The van der Waals surface area contributed by atoms with Crippen molar-refractivity contribution in [1.82, 2.24) is 0 Å². The van der Waals surface area contributed by atoms with Gasteiger partial charge in [-0.1, -0.05) is 23.7 Å².